The Bertz CT molecular complexity index is 415. The van der Waals surface area contributed by atoms with E-state index in [1.54, 1.807) is 6.26 Å². The van der Waals surface area contributed by atoms with E-state index in [-0.39, 0.29) is 11.8 Å². The molecule has 118 valence electrons. The number of carbonyl (C=O) groups excluding carboxylic acids is 1. The monoisotopic (exact) mass is 329 g/mol. The van der Waals surface area contributed by atoms with Crippen LogP contribution >= 0.6 is 12.6 Å². The highest BCUT2D eigenvalue weighted by Crippen LogP contribution is 2.11. The highest BCUT2D eigenvalue weighted by Gasteiger charge is 2.19. The first-order chi connectivity index (χ1) is 10.0. The molecule has 0 saturated heterocycles. The van der Waals surface area contributed by atoms with Crippen molar-refractivity contribution in [3.8, 4) is 0 Å². The van der Waals surface area contributed by atoms with Crippen LogP contribution in [0.1, 0.15) is 18.4 Å². The van der Waals surface area contributed by atoms with Gasteiger partial charge >= 0.3 is 0 Å². The van der Waals surface area contributed by atoms with Crippen molar-refractivity contribution in [2.24, 2.45) is 5.92 Å². The smallest absolute Gasteiger partial charge is 0.226 e. The summed E-state index contributed by atoms with van der Waals surface area (Å²) in [7, 11) is 0. The maximum atomic E-state index is 12.1. The van der Waals surface area contributed by atoms with E-state index in [2.05, 4.69) is 17.9 Å². The minimum Gasteiger partial charge on any atom is -0.617 e. The van der Waals surface area contributed by atoms with Crippen LogP contribution in [0.5, 0.6) is 0 Å². The summed E-state index contributed by atoms with van der Waals surface area (Å²) < 4.78 is 10.9. The molecule has 3 unspecified atom stereocenters. The standard InChI is InChI=1S/C15H23NO3S2/c1-21(19)9-5-8-14(17)16-15(18)13(11-20)10-12-6-3-2-4-7-12/h2-4,6-7,13-14,17,20H,5,8-11H2,1H3,(H,16,18). The predicted octanol–water partition coefficient (Wildman–Crippen LogP) is 1.37. The quantitative estimate of drug-likeness (QED) is 0.364. The molecule has 0 heterocycles. The normalized spacial score (nSPS) is 15.2. The molecule has 4 nitrogen and oxygen atoms in total. The summed E-state index contributed by atoms with van der Waals surface area (Å²) in [5.74, 6) is 0.490. The molecular weight excluding hydrogens is 306 g/mol. The van der Waals surface area contributed by atoms with Crippen molar-refractivity contribution in [3.05, 3.63) is 35.9 Å². The van der Waals surface area contributed by atoms with Crippen LogP contribution in [0, 0.1) is 5.92 Å². The highest BCUT2D eigenvalue weighted by atomic mass is 32.2. The second kappa shape index (κ2) is 10.1. The number of rotatable bonds is 9. The molecule has 2 N–H and O–H groups in total. The average molecular weight is 329 g/mol. The molecule has 0 aromatic heterocycles. The number of aliphatic hydroxyl groups excluding tert-OH is 1. The number of thiol groups is 1. The molecule has 0 bridgehead atoms. The van der Waals surface area contributed by atoms with Gasteiger partial charge in [-0.3, -0.25) is 4.79 Å². The third kappa shape index (κ3) is 7.76. The maximum absolute atomic E-state index is 12.1. The zero-order chi connectivity index (χ0) is 15.7. The van der Waals surface area contributed by atoms with Gasteiger partial charge in [0.15, 0.2) is 0 Å². The topological polar surface area (TPSA) is 72.4 Å². The number of aliphatic hydroxyl groups is 1. The van der Waals surface area contributed by atoms with Gasteiger partial charge in [-0.15, -0.1) is 0 Å². The molecule has 1 aromatic carbocycles. The lowest BCUT2D eigenvalue weighted by molar-refractivity contribution is -0.127. The minimum absolute atomic E-state index is 0.195. The number of nitrogens with one attached hydrogen (secondary N) is 1. The Morgan fingerprint density at radius 2 is 2.10 bits per heavy atom. The van der Waals surface area contributed by atoms with Crippen LogP contribution < -0.4 is 5.32 Å². The lowest BCUT2D eigenvalue weighted by Crippen LogP contribution is -2.40. The fraction of sp³-hybridized carbons (Fsp3) is 0.533. The molecule has 0 radical (unpaired) electrons. The fourth-order valence-corrected chi connectivity index (χ4v) is 2.84. The van der Waals surface area contributed by atoms with Gasteiger partial charge in [-0.05, 0) is 24.8 Å². The number of benzene rings is 1. The Balaban J connectivity index is 2.40. The number of hydrogen-bond acceptors (Lipinski definition) is 4. The van der Waals surface area contributed by atoms with Gasteiger partial charge in [0.05, 0.1) is 12.2 Å². The number of carbonyl (C=O) groups is 1. The molecule has 0 aliphatic rings. The van der Waals surface area contributed by atoms with Gasteiger partial charge in [0, 0.05) is 5.75 Å². The molecule has 1 aromatic rings. The summed E-state index contributed by atoms with van der Waals surface area (Å²) in [5, 5.41) is 12.4. The fourth-order valence-electron chi connectivity index (χ4n) is 1.97. The van der Waals surface area contributed by atoms with Gasteiger partial charge in [0.1, 0.15) is 12.0 Å². The van der Waals surface area contributed by atoms with Crippen LogP contribution in [0.3, 0.4) is 0 Å². The molecule has 1 rings (SSSR count). The first-order valence-electron chi connectivity index (χ1n) is 6.96. The van der Waals surface area contributed by atoms with E-state index >= 15 is 0 Å². The molecule has 0 spiro atoms. The van der Waals surface area contributed by atoms with Crippen molar-refractivity contribution in [2.45, 2.75) is 25.5 Å². The number of amides is 1. The average Bonchev–Trinajstić information content (AvgIpc) is 2.45. The van der Waals surface area contributed by atoms with E-state index < -0.39 is 17.4 Å². The molecule has 1 amide bonds. The Morgan fingerprint density at radius 1 is 1.43 bits per heavy atom. The summed E-state index contributed by atoms with van der Waals surface area (Å²) in [6.45, 7) is 0. The SMILES string of the molecule is C[S+]([O-])CCCC(O)NC(=O)C(CS)Cc1ccccc1. The van der Waals surface area contributed by atoms with Crippen molar-refractivity contribution in [1.82, 2.24) is 5.32 Å². The first kappa shape index (κ1) is 18.4. The molecule has 0 fully saturated rings. The van der Waals surface area contributed by atoms with Crippen molar-refractivity contribution >= 4 is 29.7 Å². The second-order valence-electron chi connectivity index (χ2n) is 5.01. The van der Waals surface area contributed by atoms with Gasteiger partial charge in [-0.25, -0.2) is 0 Å². The van der Waals surface area contributed by atoms with Crippen LogP contribution in [0.2, 0.25) is 0 Å². The van der Waals surface area contributed by atoms with Crippen molar-refractivity contribution in [2.75, 3.05) is 17.8 Å². The van der Waals surface area contributed by atoms with Crippen molar-refractivity contribution < 1.29 is 14.5 Å². The first-order valence-corrected chi connectivity index (χ1v) is 9.32. The van der Waals surface area contributed by atoms with Crippen LogP contribution in [0.4, 0.5) is 0 Å². The molecule has 6 heteroatoms. The van der Waals surface area contributed by atoms with Gasteiger partial charge in [-0.1, -0.05) is 41.5 Å². The zero-order valence-electron chi connectivity index (χ0n) is 12.2. The van der Waals surface area contributed by atoms with Crippen LogP contribution in [-0.2, 0) is 22.4 Å². The van der Waals surface area contributed by atoms with E-state index in [0.717, 1.165) is 5.56 Å². The summed E-state index contributed by atoms with van der Waals surface area (Å²) in [4.78, 5) is 12.1. The van der Waals surface area contributed by atoms with Crippen molar-refractivity contribution in [3.63, 3.8) is 0 Å². The largest absolute Gasteiger partial charge is 0.617 e. The lowest BCUT2D eigenvalue weighted by atomic mass is 10.00. The van der Waals surface area contributed by atoms with Crippen LogP contribution in [-0.4, -0.2) is 39.6 Å². The van der Waals surface area contributed by atoms with Gasteiger partial charge in [0.2, 0.25) is 5.91 Å². The third-order valence-electron chi connectivity index (χ3n) is 3.13. The zero-order valence-corrected chi connectivity index (χ0v) is 13.9. The van der Waals surface area contributed by atoms with E-state index in [1.807, 2.05) is 30.3 Å². The summed E-state index contributed by atoms with van der Waals surface area (Å²) in [6.07, 6.45) is 2.37. The third-order valence-corrected chi connectivity index (χ3v) is 4.44. The van der Waals surface area contributed by atoms with E-state index in [9.17, 15) is 14.5 Å². The minimum atomic E-state index is -0.890. The Hall–Kier alpha value is -0.690. The highest BCUT2D eigenvalue weighted by molar-refractivity contribution is 7.90. The molecule has 0 saturated carbocycles. The Labute approximate surface area is 134 Å². The van der Waals surface area contributed by atoms with E-state index in [0.29, 0.717) is 30.8 Å². The summed E-state index contributed by atoms with van der Waals surface area (Å²) in [5.41, 5.74) is 1.07. The second-order valence-corrected chi connectivity index (χ2v) is 6.93. The number of hydrogen-bond donors (Lipinski definition) is 3. The van der Waals surface area contributed by atoms with Crippen LogP contribution in [0.15, 0.2) is 30.3 Å². The Kier molecular flexibility index (Phi) is 8.84. The Morgan fingerprint density at radius 3 is 2.67 bits per heavy atom. The summed E-state index contributed by atoms with van der Waals surface area (Å²) >= 11 is 3.35. The molecular formula is C15H23NO3S2. The van der Waals surface area contributed by atoms with E-state index in [4.69, 9.17) is 0 Å². The van der Waals surface area contributed by atoms with Crippen molar-refractivity contribution in [1.29, 1.82) is 0 Å². The van der Waals surface area contributed by atoms with Gasteiger partial charge < -0.3 is 15.0 Å². The van der Waals surface area contributed by atoms with Crippen LogP contribution in [0.25, 0.3) is 0 Å². The predicted molar refractivity (Wildman–Crippen MR) is 89.8 cm³/mol. The lowest BCUT2D eigenvalue weighted by Gasteiger charge is -2.18. The maximum Gasteiger partial charge on any atom is 0.226 e. The molecule has 0 aliphatic carbocycles. The van der Waals surface area contributed by atoms with Gasteiger partial charge in [-0.2, -0.15) is 12.6 Å². The van der Waals surface area contributed by atoms with E-state index in [1.165, 1.54) is 0 Å². The summed E-state index contributed by atoms with van der Waals surface area (Å²) in [6, 6.07) is 9.74. The molecule has 3 atom stereocenters. The van der Waals surface area contributed by atoms with Gasteiger partial charge in [0.25, 0.3) is 0 Å². The molecule has 0 aliphatic heterocycles. The molecule has 21 heavy (non-hydrogen) atoms.